The molecule has 6 aromatic carbocycles. The van der Waals surface area contributed by atoms with Gasteiger partial charge in [0.2, 0.25) is 0 Å². The minimum absolute atomic E-state index is 0.311. The average molecular weight is 798 g/mol. The normalized spacial score (nSPS) is 12.3. The summed E-state index contributed by atoms with van der Waals surface area (Å²) in [6, 6.07) is 61.0. The summed E-state index contributed by atoms with van der Waals surface area (Å²) in [5.41, 5.74) is 11.4. The topological polar surface area (TPSA) is 22.8 Å². The predicted octanol–water partition coefficient (Wildman–Crippen LogP) is 7.56. The van der Waals surface area contributed by atoms with Gasteiger partial charge in [0, 0.05) is 0 Å². The van der Waals surface area contributed by atoms with Gasteiger partial charge in [0.15, 0.2) is 0 Å². The molecule has 0 aliphatic carbocycles. The van der Waals surface area contributed by atoms with E-state index in [1.165, 1.54) is 4.57 Å². The third kappa shape index (κ3) is 5.53. The van der Waals surface area contributed by atoms with Gasteiger partial charge in [-0.05, 0) is 6.07 Å². The van der Waals surface area contributed by atoms with E-state index in [0.717, 1.165) is 61.1 Å². The molecule has 232 valence electrons. The first-order valence-corrected chi connectivity index (χ1v) is 16.9. The van der Waals surface area contributed by atoms with Crippen LogP contribution in [0.2, 0.25) is 0 Å². The number of para-hydroxylation sites is 2. The number of hydrogen-bond acceptors (Lipinski definition) is 1. The van der Waals surface area contributed by atoms with Gasteiger partial charge >= 0.3 is 292 Å². The number of rotatable bonds is 7. The first kappa shape index (κ1) is 26.7. The van der Waals surface area contributed by atoms with Crippen LogP contribution in [0.1, 0.15) is 4.11 Å². The Hall–Kier alpha value is -5.31. The second kappa shape index (κ2) is 13.1. The van der Waals surface area contributed by atoms with Crippen molar-refractivity contribution in [1.29, 1.82) is 0 Å². The van der Waals surface area contributed by atoms with Gasteiger partial charge in [-0.15, -0.1) is 0 Å². The van der Waals surface area contributed by atoms with E-state index in [2.05, 4.69) is 121 Å². The monoisotopic (exact) mass is 797 g/mol. The molecule has 5 heteroatoms. The van der Waals surface area contributed by atoms with Crippen LogP contribution in [0, 0.1) is 15.9 Å². The standard InChI is InChI=1S/C43H30BN3.Pt/c1-46-31-47(42-27-9-8-26-41(42)46)37-22-13-21-36(30-37)44(35-20-12-19-34(29-35)40-25-10-11-28-45-40)43-38(32-15-4-2-5-16-32)23-14-24-39(43)33-17-6-3-7-18-33;/h2-28H,1H3;/q-2;/i1D3;. The van der Waals surface area contributed by atoms with Crippen molar-refractivity contribution < 1.29 is 23.5 Å². The Morgan fingerprint density at radius 1 is 0.604 bits per heavy atom. The Balaban J connectivity index is 1.43. The minimum atomic E-state index is -2.36. The van der Waals surface area contributed by atoms with Gasteiger partial charge in [-0.3, -0.25) is 0 Å². The van der Waals surface area contributed by atoms with Crippen LogP contribution in [0.25, 0.3) is 50.2 Å². The summed E-state index contributed by atoms with van der Waals surface area (Å²) in [6.45, 7) is -2.67. The number of fused-ring (bicyclic) bond motifs is 1. The van der Waals surface area contributed by atoms with Crippen LogP contribution in [-0.4, -0.2) is 20.8 Å². The van der Waals surface area contributed by atoms with Gasteiger partial charge in [0.1, 0.15) is 0 Å². The number of pyridine rings is 1. The summed E-state index contributed by atoms with van der Waals surface area (Å²) in [5, 5.41) is 0. The maximum absolute atomic E-state index is 8.37. The molecule has 2 aromatic heterocycles. The summed E-state index contributed by atoms with van der Waals surface area (Å²) in [5.74, 6) is 0. The Labute approximate surface area is 296 Å². The number of hydrogen-bond donors (Lipinski definition) is 0. The van der Waals surface area contributed by atoms with E-state index in [0.29, 0.717) is 9.32 Å². The van der Waals surface area contributed by atoms with E-state index in [9.17, 15) is 0 Å². The van der Waals surface area contributed by atoms with Crippen molar-refractivity contribution in [2.24, 2.45) is 6.98 Å². The first-order chi connectivity index (χ1) is 24.9. The van der Waals surface area contributed by atoms with Crippen molar-refractivity contribution in [3.8, 4) is 39.2 Å². The van der Waals surface area contributed by atoms with Crippen molar-refractivity contribution in [3.05, 3.63) is 180 Å². The molecule has 8 rings (SSSR count). The molecule has 0 bridgehead atoms. The summed E-state index contributed by atoms with van der Waals surface area (Å²) in [7, 11) is 0. The zero-order valence-corrected chi connectivity index (χ0v) is 28.1. The molecule has 0 saturated carbocycles. The van der Waals surface area contributed by atoms with Gasteiger partial charge in [-0.1, -0.05) is 0 Å². The average Bonchev–Trinajstić information content (AvgIpc) is 3.48. The van der Waals surface area contributed by atoms with Gasteiger partial charge in [0.25, 0.3) is 0 Å². The number of aromatic nitrogens is 3. The van der Waals surface area contributed by atoms with Crippen LogP contribution in [0.3, 0.4) is 0 Å². The number of aryl methyl sites for hydroxylation is 1. The van der Waals surface area contributed by atoms with Gasteiger partial charge in [-0.25, -0.2) is 0 Å². The zero-order chi connectivity index (χ0) is 35.0. The van der Waals surface area contributed by atoms with E-state index >= 15 is 0 Å². The van der Waals surface area contributed by atoms with Gasteiger partial charge in [-0.2, -0.15) is 0 Å². The first-order valence-electron chi connectivity index (χ1n) is 17.3. The molecule has 3 nitrogen and oxygen atoms in total. The fourth-order valence-corrected chi connectivity index (χ4v) is 7.36. The van der Waals surface area contributed by atoms with E-state index in [-0.39, 0.29) is 6.71 Å². The third-order valence-electron chi connectivity index (χ3n) is 8.69. The molecule has 48 heavy (non-hydrogen) atoms. The summed E-state index contributed by atoms with van der Waals surface area (Å²) < 4.78 is 29.1. The van der Waals surface area contributed by atoms with Crippen molar-refractivity contribution >= 4 is 34.1 Å². The molecular formula is C43H30BN3Pt-2. The SMILES string of the molecule is [2H]C([2H])([2H])n1[c](=[Pt])n(-c2[c-]c(B(c3[c-]c(-c4ccccn4)ccc3)c3c(-c4ccccc4)cccc3-c3ccccc3)ccc2)c2ccccc21. The van der Waals surface area contributed by atoms with Crippen LogP contribution in [-0.2, 0) is 26.3 Å². The van der Waals surface area contributed by atoms with Gasteiger partial charge < -0.3 is 0 Å². The molecule has 0 unspecified atom stereocenters. The molecule has 0 aliphatic heterocycles. The fourth-order valence-electron chi connectivity index (χ4n) is 6.54. The summed E-state index contributed by atoms with van der Waals surface area (Å²) in [4.78, 5) is 4.65. The van der Waals surface area contributed by atoms with Crippen molar-refractivity contribution in [2.45, 2.75) is 0 Å². The summed E-state index contributed by atoms with van der Waals surface area (Å²) >= 11 is 2.12. The molecular weight excluding hydrogens is 764 g/mol. The molecule has 0 aliphatic rings. The number of imidazole rings is 1. The van der Waals surface area contributed by atoms with E-state index in [1.54, 1.807) is 6.20 Å². The van der Waals surface area contributed by atoms with Crippen molar-refractivity contribution in [1.82, 2.24) is 14.1 Å². The Morgan fingerprint density at radius 3 is 1.88 bits per heavy atom. The Morgan fingerprint density at radius 2 is 1.21 bits per heavy atom. The Kier molecular flexibility index (Phi) is 7.28. The molecule has 0 fully saturated rings. The van der Waals surface area contributed by atoms with Crippen molar-refractivity contribution in [2.75, 3.05) is 0 Å². The summed E-state index contributed by atoms with van der Waals surface area (Å²) in [6.07, 6.45) is 1.80. The van der Waals surface area contributed by atoms with Crippen LogP contribution >= 0.6 is 0 Å². The molecule has 2 heterocycles. The Bertz CT molecular complexity index is 2490. The van der Waals surface area contributed by atoms with E-state index < -0.39 is 6.98 Å². The number of benzene rings is 6. The predicted molar refractivity (Wildman–Crippen MR) is 195 cm³/mol. The van der Waals surface area contributed by atoms with Crippen molar-refractivity contribution in [3.63, 3.8) is 0 Å². The molecule has 0 spiro atoms. The van der Waals surface area contributed by atoms with E-state index in [4.69, 9.17) is 4.11 Å². The van der Waals surface area contributed by atoms with Gasteiger partial charge in [0.05, 0.1) is 0 Å². The second-order valence-electron chi connectivity index (χ2n) is 11.6. The van der Waals surface area contributed by atoms with Crippen LogP contribution in [0.5, 0.6) is 0 Å². The quantitative estimate of drug-likeness (QED) is 0.121. The molecule has 0 saturated heterocycles. The molecule has 0 atom stereocenters. The van der Waals surface area contributed by atoms with Crippen LogP contribution in [0.15, 0.2) is 164 Å². The molecule has 0 N–H and O–H groups in total. The van der Waals surface area contributed by atoms with E-state index in [1.807, 2.05) is 77.4 Å². The maximum atomic E-state index is 8.37. The van der Waals surface area contributed by atoms with Crippen LogP contribution < -0.4 is 16.4 Å². The number of nitrogens with zero attached hydrogens (tertiary/aromatic N) is 3. The van der Waals surface area contributed by atoms with Crippen LogP contribution in [0.4, 0.5) is 0 Å². The molecule has 0 radical (unpaired) electrons. The fraction of sp³-hybridized carbons (Fsp3) is 0.0233. The molecule has 8 aromatic rings. The zero-order valence-electron chi connectivity index (χ0n) is 28.8. The third-order valence-corrected chi connectivity index (χ3v) is 9.71. The second-order valence-corrected chi connectivity index (χ2v) is 12.6. The molecule has 0 amide bonds.